The number of nitrogens with one attached hydrogen (secondary N) is 2. The molecule has 26 heavy (non-hydrogen) atoms. The summed E-state index contributed by atoms with van der Waals surface area (Å²) in [7, 11) is 0. The van der Waals surface area contributed by atoms with Crippen LogP contribution in [-0.2, 0) is 6.18 Å². The van der Waals surface area contributed by atoms with Crippen molar-refractivity contribution in [2.24, 2.45) is 0 Å². The summed E-state index contributed by atoms with van der Waals surface area (Å²) in [5.41, 5.74) is 2.61. The van der Waals surface area contributed by atoms with E-state index in [-0.39, 0.29) is 11.6 Å². The van der Waals surface area contributed by atoms with Gasteiger partial charge in [0.1, 0.15) is 5.82 Å². The number of aryl methyl sites for hydroxylation is 2. The fourth-order valence-corrected chi connectivity index (χ4v) is 2.53. The van der Waals surface area contributed by atoms with Crippen molar-refractivity contribution in [1.82, 2.24) is 9.97 Å². The zero-order valence-corrected chi connectivity index (χ0v) is 14.2. The van der Waals surface area contributed by atoms with E-state index < -0.39 is 11.7 Å². The van der Waals surface area contributed by atoms with Crippen LogP contribution in [0.3, 0.4) is 0 Å². The van der Waals surface area contributed by atoms with E-state index in [2.05, 4.69) is 20.6 Å². The van der Waals surface area contributed by atoms with E-state index in [1.54, 1.807) is 12.3 Å². The lowest BCUT2D eigenvalue weighted by Gasteiger charge is -2.13. The molecule has 134 valence electrons. The predicted octanol–water partition coefficient (Wildman–Crippen LogP) is 5.60. The first kappa shape index (κ1) is 17.7. The summed E-state index contributed by atoms with van der Waals surface area (Å²) in [5.74, 6) is 0.757. The number of benzene rings is 2. The first-order valence-electron chi connectivity index (χ1n) is 7.93. The Morgan fingerprint density at radius 1 is 0.885 bits per heavy atom. The molecule has 3 aromatic rings. The molecule has 0 spiro atoms. The third kappa shape index (κ3) is 4.11. The lowest BCUT2D eigenvalue weighted by molar-refractivity contribution is -0.137. The minimum Gasteiger partial charge on any atom is -0.340 e. The van der Waals surface area contributed by atoms with Crippen molar-refractivity contribution in [3.63, 3.8) is 0 Å². The maximum absolute atomic E-state index is 12.8. The Bertz CT molecular complexity index is 902. The average molecular weight is 358 g/mol. The van der Waals surface area contributed by atoms with Crippen molar-refractivity contribution in [2.45, 2.75) is 20.0 Å². The molecule has 4 nitrogen and oxygen atoms in total. The van der Waals surface area contributed by atoms with Crippen molar-refractivity contribution < 1.29 is 13.2 Å². The van der Waals surface area contributed by atoms with Gasteiger partial charge in [0.05, 0.1) is 5.56 Å². The first-order chi connectivity index (χ1) is 12.3. The molecule has 7 heteroatoms. The van der Waals surface area contributed by atoms with Crippen LogP contribution in [0.4, 0.5) is 36.3 Å². The minimum atomic E-state index is -4.40. The molecule has 0 aliphatic heterocycles. The van der Waals surface area contributed by atoms with Gasteiger partial charge in [0, 0.05) is 17.6 Å². The van der Waals surface area contributed by atoms with Gasteiger partial charge in [0.15, 0.2) is 0 Å². The average Bonchev–Trinajstić information content (AvgIpc) is 2.58. The maximum atomic E-state index is 12.8. The zero-order valence-electron chi connectivity index (χ0n) is 14.2. The Labute approximate surface area is 149 Å². The summed E-state index contributed by atoms with van der Waals surface area (Å²) < 4.78 is 38.5. The monoisotopic (exact) mass is 358 g/mol. The Hall–Kier alpha value is -3.09. The largest absolute Gasteiger partial charge is 0.416 e. The van der Waals surface area contributed by atoms with Crippen LogP contribution in [0, 0.1) is 13.8 Å². The molecule has 0 unspecified atom stereocenters. The number of hydrogen-bond acceptors (Lipinski definition) is 4. The van der Waals surface area contributed by atoms with Crippen molar-refractivity contribution >= 4 is 23.1 Å². The number of nitrogens with zero attached hydrogens (tertiary/aromatic N) is 2. The van der Waals surface area contributed by atoms with Gasteiger partial charge in [-0.2, -0.15) is 18.2 Å². The van der Waals surface area contributed by atoms with Crippen LogP contribution in [0.15, 0.2) is 54.7 Å². The van der Waals surface area contributed by atoms with E-state index in [1.807, 2.05) is 32.0 Å². The second-order valence-corrected chi connectivity index (χ2v) is 5.86. The highest BCUT2D eigenvalue weighted by atomic mass is 19.4. The minimum absolute atomic E-state index is 0.209. The summed E-state index contributed by atoms with van der Waals surface area (Å²) in [6.45, 7) is 3.97. The molecule has 0 radical (unpaired) electrons. The van der Waals surface area contributed by atoms with Crippen molar-refractivity contribution in [2.75, 3.05) is 10.6 Å². The van der Waals surface area contributed by atoms with E-state index in [4.69, 9.17) is 0 Å². The predicted molar refractivity (Wildman–Crippen MR) is 96.0 cm³/mol. The topological polar surface area (TPSA) is 49.8 Å². The molecular formula is C19H17F3N4. The van der Waals surface area contributed by atoms with Crippen molar-refractivity contribution in [1.29, 1.82) is 0 Å². The molecule has 3 rings (SSSR count). The molecule has 0 fully saturated rings. The molecule has 0 aliphatic rings. The molecule has 2 N–H and O–H groups in total. The highest BCUT2D eigenvalue weighted by molar-refractivity contribution is 5.65. The molecule has 0 aliphatic carbocycles. The van der Waals surface area contributed by atoms with Gasteiger partial charge in [0.2, 0.25) is 5.95 Å². The van der Waals surface area contributed by atoms with Gasteiger partial charge in [-0.1, -0.05) is 24.3 Å². The standard InChI is InChI=1S/C19H17F3N4/c1-12-5-3-6-13(2)17(12)25-16-9-10-23-18(26-16)24-15-8-4-7-14(11-15)19(20,21)22/h3-11H,1-2H3,(H2,23,24,25,26). The van der Waals surface area contributed by atoms with Crippen LogP contribution < -0.4 is 10.6 Å². The number of hydrogen-bond donors (Lipinski definition) is 2. The number of rotatable bonds is 4. The number of anilines is 4. The highest BCUT2D eigenvalue weighted by Gasteiger charge is 2.30. The van der Waals surface area contributed by atoms with Gasteiger partial charge >= 0.3 is 6.18 Å². The molecular weight excluding hydrogens is 341 g/mol. The Morgan fingerprint density at radius 2 is 1.58 bits per heavy atom. The number of halogens is 3. The van der Waals surface area contributed by atoms with Gasteiger partial charge < -0.3 is 10.6 Å². The summed E-state index contributed by atoms with van der Waals surface area (Å²) in [6, 6.07) is 12.5. The van der Waals surface area contributed by atoms with Crippen molar-refractivity contribution in [3.8, 4) is 0 Å². The third-order valence-electron chi connectivity index (χ3n) is 3.84. The smallest absolute Gasteiger partial charge is 0.340 e. The Morgan fingerprint density at radius 3 is 2.27 bits per heavy atom. The second-order valence-electron chi connectivity index (χ2n) is 5.86. The van der Waals surface area contributed by atoms with E-state index in [0.29, 0.717) is 5.82 Å². The molecule has 2 aromatic carbocycles. The number of para-hydroxylation sites is 1. The zero-order chi connectivity index (χ0) is 18.7. The van der Waals surface area contributed by atoms with Crippen LogP contribution in [-0.4, -0.2) is 9.97 Å². The van der Waals surface area contributed by atoms with E-state index >= 15 is 0 Å². The van der Waals surface area contributed by atoms with Crippen LogP contribution in [0.5, 0.6) is 0 Å². The fourth-order valence-electron chi connectivity index (χ4n) is 2.53. The molecule has 0 saturated carbocycles. The SMILES string of the molecule is Cc1cccc(C)c1Nc1ccnc(Nc2cccc(C(F)(F)F)c2)n1. The Kier molecular flexibility index (Phi) is 4.79. The lowest BCUT2D eigenvalue weighted by Crippen LogP contribution is -2.06. The molecule has 0 atom stereocenters. The van der Waals surface area contributed by atoms with E-state index in [9.17, 15) is 13.2 Å². The maximum Gasteiger partial charge on any atom is 0.416 e. The van der Waals surface area contributed by atoms with Crippen LogP contribution in [0.2, 0.25) is 0 Å². The summed E-state index contributed by atoms with van der Waals surface area (Å²) in [4.78, 5) is 8.39. The number of alkyl halides is 3. The molecule has 1 aromatic heterocycles. The van der Waals surface area contributed by atoms with Gasteiger partial charge in [-0.3, -0.25) is 0 Å². The quantitative estimate of drug-likeness (QED) is 0.637. The van der Waals surface area contributed by atoms with E-state index in [1.165, 1.54) is 12.1 Å². The fraction of sp³-hybridized carbons (Fsp3) is 0.158. The van der Waals surface area contributed by atoms with Gasteiger partial charge in [-0.05, 0) is 49.2 Å². The summed E-state index contributed by atoms with van der Waals surface area (Å²) in [6.07, 6.45) is -2.86. The molecule has 1 heterocycles. The van der Waals surface area contributed by atoms with Crippen LogP contribution in [0.1, 0.15) is 16.7 Å². The normalized spacial score (nSPS) is 11.3. The summed E-state index contributed by atoms with van der Waals surface area (Å²) >= 11 is 0. The van der Waals surface area contributed by atoms with Crippen molar-refractivity contribution in [3.05, 3.63) is 71.4 Å². The number of aromatic nitrogens is 2. The van der Waals surface area contributed by atoms with E-state index in [0.717, 1.165) is 28.9 Å². The first-order valence-corrected chi connectivity index (χ1v) is 7.93. The van der Waals surface area contributed by atoms with Gasteiger partial charge in [0.25, 0.3) is 0 Å². The lowest BCUT2D eigenvalue weighted by atomic mass is 10.1. The highest BCUT2D eigenvalue weighted by Crippen LogP contribution is 2.31. The second kappa shape index (κ2) is 7.03. The third-order valence-corrected chi connectivity index (χ3v) is 3.84. The van der Waals surface area contributed by atoms with Gasteiger partial charge in [-0.15, -0.1) is 0 Å². The van der Waals surface area contributed by atoms with Gasteiger partial charge in [-0.25, -0.2) is 4.98 Å². The summed E-state index contributed by atoms with van der Waals surface area (Å²) in [5, 5.41) is 6.04. The van der Waals surface area contributed by atoms with Crippen LogP contribution >= 0.6 is 0 Å². The van der Waals surface area contributed by atoms with Crippen LogP contribution in [0.25, 0.3) is 0 Å². The molecule has 0 saturated heterocycles. The molecule has 0 bridgehead atoms. The Balaban J connectivity index is 1.82. The molecule has 0 amide bonds.